The fourth-order valence-corrected chi connectivity index (χ4v) is 3.54. The van der Waals surface area contributed by atoms with E-state index in [-0.39, 0.29) is 0 Å². The highest BCUT2D eigenvalue weighted by molar-refractivity contribution is 7.99. The van der Waals surface area contributed by atoms with Crippen molar-refractivity contribution in [3.63, 3.8) is 0 Å². The van der Waals surface area contributed by atoms with Crippen LogP contribution in [0.25, 0.3) is 0 Å². The summed E-state index contributed by atoms with van der Waals surface area (Å²) in [5.74, 6) is 1.95. The Hall–Kier alpha value is 0.01000. The lowest BCUT2D eigenvalue weighted by Crippen LogP contribution is -2.23. The van der Waals surface area contributed by atoms with Crippen molar-refractivity contribution in [3.8, 4) is 0 Å². The average Bonchev–Trinajstić information content (AvgIpc) is 2.59. The predicted octanol–water partition coefficient (Wildman–Crippen LogP) is 2.38. The van der Waals surface area contributed by atoms with Crippen molar-refractivity contribution >= 4 is 23.1 Å². The number of thioether (sulfide) groups is 1. The quantitative estimate of drug-likeness (QED) is 0.751. The lowest BCUT2D eigenvalue weighted by atomic mass is 9.96. The van der Waals surface area contributed by atoms with Crippen LogP contribution in [0, 0.1) is 6.92 Å². The van der Waals surface area contributed by atoms with Crippen molar-refractivity contribution < 1.29 is 5.11 Å². The third kappa shape index (κ3) is 1.41. The number of aliphatic hydroxyl groups is 1. The van der Waals surface area contributed by atoms with Gasteiger partial charge in [0.1, 0.15) is 5.60 Å². The van der Waals surface area contributed by atoms with Crippen LogP contribution in [0.2, 0.25) is 0 Å². The number of rotatable bonds is 1. The molecule has 0 bridgehead atoms. The lowest BCUT2D eigenvalue weighted by Gasteiger charge is -2.19. The first-order valence-electron chi connectivity index (χ1n) is 4.06. The van der Waals surface area contributed by atoms with Crippen molar-refractivity contribution in [2.45, 2.75) is 18.9 Å². The second kappa shape index (κ2) is 3.05. The molecule has 0 radical (unpaired) electrons. The van der Waals surface area contributed by atoms with Crippen LogP contribution >= 0.6 is 23.1 Å². The molecule has 1 saturated heterocycles. The van der Waals surface area contributed by atoms with Crippen molar-refractivity contribution in [3.05, 3.63) is 21.9 Å². The van der Waals surface area contributed by atoms with E-state index in [1.165, 1.54) is 4.88 Å². The predicted molar refractivity (Wildman–Crippen MR) is 54.9 cm³/mol. The zero-order valence-electron chi connectivity index (χ0n) is 7.04. The highest BCUT2D eigenvalue weighted by atomic mass is 32.2. The molecule has 1 aromatic heterocycles. The van der Waals surface area contributed by atoms with E-state index in [0.29, 0.717) is 0 Å². The molecule has 2 rings (SSSR count). The van der Waals surface area contributed by atoms with E-state index < -0.39 is 5.60 Å². The Bertz CT molecular complexity index is 274. The molecule has 1 nitrogen and oxygen atoms in total. The molecule has 0 aromatic carbocycles. The van der Waals surface area contributed by atoms with E-state index in [1.54, 1.807) is 11.3 Å². The van der Waals surface area contributed by atoms with Crippen molar-refractivity contribution in [2.75, 3.05) is 11.5 Å². The van der Waals surface area contributed by atoms with Gasteiger partial charge in [0, 0.05) is 10.6 Å². The van der Waals surface area contributed by atoms with E-state index in [0.717, 1.165) is 23.5 Å². The molecule has 1 unspecified atom stereocenters. The van der Waals surface area contributed by atoms with E-state index in [9.17, 15) is 5.11 Å². The number of hydrogen-bond donors (Lipinski definition) is 1. The Kier molecular flexibility index (Phi) is 2.19. The molecule has 66 valence electrons. The number of hydrogen-bond acceptors (Lipinski definition) is 3. The third-order valence-corrected chi connectivity index (χ3v) is 4.30. The van der Waals surface area contributed by atoms with Gasteiger partial charge in [0.05, 0.1) is 0 Å². The Morgan fingerprint density at radius 3 is 2.92 bits per heavy atom. The second-order valence-corrected chi connectivity index (χ2v) is 5.50. The average molecular weight is 200 g/mol. The molecule has 12 heavy (non-hydrogen) atoms. The molecule has 2 heterocycles. The number of thiophene rings is 1. The standard InChI is InChI=1S/C9H12OS2/c1-7-4-8(5-12-7)9(10)2-3-11-6-9/h4-5,10H,2-3,6H2,1H3. The van der Waals surface area contributed by atoms with Crippen LogP contribution in [0.1, 0.15) is 16.9 Å². The molecule has 0 aliphatic carbocycles. The fraction of sp³-hybridized carbons (Fsp3) is 0.556. The molecule has 1 fully saturated rings. The first kappa shape index (κ1) is 8.60. The Balaban J connectivity index is 2.28. The smallest absolute Gasteiger partial charge is 0.100 e. The Morgan fingerprint density at radius 1 is 1.58 bits per heavy atom. The van der Waals surface area contributed by atoms with Crippen molar-refractivity contribution in [1.29, 1.82) is 0 Å². The maximum absolute atomic E-state index is 10.2. The first-order valence-corrected chi connectivity index (χ1v) is 6.10. The van der Waals surface area contributed by atoms with E-state index >= 15 is 0 Å². The van der Waals surface area contributed by atoms with E-state index in [4.69, 9.17) is 0 Å². The maximum atomic E-state index is 10.2. The van der Waals surface area contributed by atoms with Crippen LogP contribution in [-0.2, 0) is 5.60 Å². The Morgan fingerprint density at radius 2 is 2.42 bits per heavy atom. The van der Waals surface area contributed by atoms with E-state index in [2.05, 4.69) is 18.4 Å². The van der Waals surface area contributed by atoms with Gasteiger partial charge in [-0.2, -0.15) is 11.8 Å². The first-order chi connectivity index (χ1) is 5.71. The van der Waals surface area contributed by atoms with Gasteiger partial charge in [-0.25, -0.2) is 0 Å². The van der Waals surface area contributed by atoms with Crippen LogP contribution in [0.5, 0.6) is 0 Å². The molecule has 3 heteroatoms. The fourth-order valence-electron chi connectivity index (χ4n) is 1.47. The zero-order valence-corrected chi connectivity index (χ0v) is 8.67. The molecule has 0 saturated carbocycles. The van der Waals surface area contributed by atoms with Crippen molar-refractivity contribution in [1.82, 2.24) is 0 Å². The van der Waals surface area contributed by atoms with Crippen LogP contribution in [0.15, 0.2) is 11.4 Å². The molecule has 1 aromatic rings. The summed E-state index contributed by atoms with van der Waals surface area (Å²) in [4.78, 5) is 1.29. The summed E-state index contributed by atoms with van der Waals surface area (Å²) in [5.41, 5.74) is 0.602. The van der Waals surface area contributed by atoms with Crippen LogP contribution in [0.3, 0.4) is 0 Å². The monoisotopic (exact) mass is 200 g/mol. The lowest BCUT2D eigenvalue weighted by molar-refractivity contribution is 0.0662. The minimum atomic E-state index is -0.518. The summed E-state index contributed by atoms with van der Waals surface area (Å²) in [7, 11) is 0. The molecule has 0 spiro atoms. The van der Waals surface area contributed by atoms with Crippen LogP contribution in [0.4, 0.5) is 0 Å². The maximum Gasteiger partial charge on any atom is 0.100 e. The van der Waals surface area contributed by atoms with Gasteiger partial charge in [-0.15, -0.1) is 11.3 Å². The second-order valence-electron chi connectivity index (χ2n) is 3.28. The third-order valence-electron chi connectivity index (χ3n) is 2.27. The SMILES string of the molecule is Cc1cc(C2(O)CCSC2)cs1. The highest BCUT2D eigenvalue weighted by Crippen LogP contribution is 2.38. The zero-order chi connectivity index (χ0) is 8.60. The van der Waals surface area contributed by atoms with Gasteiger partial charge in [-0.1, -0.05) is 0 Å². The topological polar surface area (TPSA) is 20.2 Å². The summed E-state index contributed by atoms with van der Waals surface area (Å²) >= 11 is 3.56. The van der Waals surface area contributed by atoms with Gasteiger partial charge in [0.2, 0.25) is 0 Å². The molecule has 1 aliphatic heterocycles. The highest BCUT2D eigenvalue weighted by Gasteiger charge is 2.33. The molecule has 0 amide bonds. The van der Waals surface area contributed by atoms with Gasteiger partial charge in [0.25, 0.3) is 0 Å². The van der Waals surface area contributed by atoms with Gasteiger partial charge >= 0.3 is 0 Å². The molecule has 1 atom stereocenters. The number of aryl methyl sites for hydroxylation is 1. The minimum Gasteiger partial charge on any atom is -0.384 e. The summed E-state index contributed by atoms with van der Waals surface area (Å²) in [6, 6.07) is 2.11. The van der Waals surface area contributed by atoms with Crippen LogP contribution < -0.4 is 0 Å². The van der Waals surface area contributed by atoms with Gasteiger partial charge in [-0.05, 0) is 36.1 Å². The Labute approximate surface area is 80.8 Å². The normalized spacial score (nSPS) is 29.5. The van der Waals surface area contributed by atoms with Gasteiger partial charge < -0.3 is 5.11 Å². The summed E-state index contributed by atoms with van der Waals surface area (Å²) in [5, 5.41) is 12.2. The summed E-state index contributed by atoms with van der Waals surface area (Å²) in [6.07, 6.45) is 0.911. The molecule has 1 aliphatic rings. The van der Waals surface area contributed by atoms with Crippen LogP contribution in [-0.4, -0.2) is 16.6 Å². The van der Waals surface area contributed by atoms with Gasteiger partial charge in [-0.3, -0.25) is 0 Å². The summed E-state index contributed by atoms with van der Waals surface area (Å²) in [6.45, 7) is 2.08. The van der Waals surface area contributed by atoms with Gasteiger partial charge in [0.15, 0.2) is 0 Å². The largest absolute Gasteiger partial charge is 0.384 e. The van der Waals surface area contributed by atoms with E-state index in [1.807, 2.05) is 11.8 Å². The summed E-state index contributed by atoms with van der Waals surface area (Å²) < 4.78 is 0. The molecule has 1 N–H and O–H groups in total. The molecular weight excluding hydrogens is 188 g/mol. The minimum absolute atomic E-state index is 0.518. The van der Waals surface area contributed by atoms with Crippen molar-refractivity contribution in [2.24, 2.45) is 0 Å². The molecular formula is C9H12OS2.